The molecule has 2 aromatic rings. The van der Waals surface area contributed by atoms with Crippen molar-refractivity contribution in [3.05, 3.63) is 47.7 Å². The van der Waals surface area contributed by atoms with Gasteiger partial charge in [-0.15, -0.1) is 0 Å². The van der Waals surface area contributed by atoms with Crippen LogP contribution in [0.2, 0.25) is 0 Å². The summed E-state index contributed by atoms with van der Waals surface area (Å²) in [5, 5.41) is 0. The molecule has 0 aliphatic heterocycles. The highest BCUT2D eigenvalue weighted by atomic mass is 32.2. The number of Topliss-reactive ketones (excluding diaryl/α,β-unsaturated/α-hetero) is 1. The number of hydrogen-bond acceptors (Lipinski definition) is 5. The van der Waals surface area contributed by atoms with E-state index >= 15 is 0 Å². The number of aryl methyl sites for hydroxylation is 1. The largest absolute Gasteiger partial charge is 0.449 e. The molecule has 1 heterocycles. The van der Waals surface area contributed by atoms with Crippen LogP contribution in [0.15, 0.2) is 39.8 Å². The number of oxazole rings is 1. The van der Waals surface area contributed by atoms with Gasteiger partial charge >= 0.3 is 0 Å². The molecule has 0 spiro atoms. The molecule has 0 amide bonds. The third-order valence-corrected chi connectivity index (χ3v) is 4.10. The average molecular weight is 294 g/mol. The molecule has 0 atom stereocenters. The molecule has 1 N–H and O–H groups in total. The zero-order chi connectivity index (χ0) is 14.8. The van der Waals surface area contributed by atoms with Crippen LogP contribution in [0.5, 0.6) is 0 Å². The Kier molecular flexibility index (Phi) is 4.01. The molecule has 6 nitrogen and oxygen atoms in total. The van der Waals surface area contributed by atoms with Gasteiger partial charge in [-0.05, 0) is 19.1 Å². The number of ketones is 1. The molecule has 106 valence electrons. The molecule has 20 heavy (non-hydrogen) atoms. The van der Waals surface area contributed by atoms with Gasteiger partial charge in [0, 0.05) is 12.5 Å². The minimum atomic E-state index is -3.63. The van der Waals surface area contributed by atoms with E-state index in [1.54, 1.807) is 6.92 Å². The van der Waals surface area contributed by atoms with Gasteiger partial charge in [0.2, 0.25) is 10.0 Å². The van der Waals surface area contributed by atoms with Crippen LogP contribution >= 0.6 is 0 Å². The van der Waals surface area contributed by atoms with E-state index in [1.807, 2.05) is 0 Å². The molecule has 1 aromatic carbocycles. The molecule has 0 fully saturated rings. The Morgan fingerprint density at radius 2 is 1.95 bits per heavy atom. The number of carbonyl (C=O) groups excluding carboxylic acids is 1. The van der Waals surface area contributed by atoms with Crippen molar-refractivity contribution in [3.63, 3.8) is 0 Å². The first-order chi connectivity index (χ1) is 9.38. The van der Waals surface area contributed by atoms with Gasteiger partial charge in [0.05, 0.1) is 17.1 Å². The van der Waals surface area contributed by atoms with Crippen molar-refractivity contribution in [2.24, 2.45) is 0 Å². The van der Waals surface area contributed by atoms with Crippen LogP contribution in [-0.2, 0) is 16.6 Å². The smallest absolute Gasteiger partial charge is 0.240 e. The molecule has 0 saturated heterocycles. The maximum atomic E-state index is 12.0. The van der Waals surface area contributed by atoms with Gasteiger partial charge in [-0.3, -0.25) is 4.79 Å². The van der Waals surface area contributed by atoms with Crippen LogP contribution in [0.4, 0.5) is 0 Å². The minimum absolute atomic E-state index is 0.0497. The lowest BCUT2D eigenvalue weighted by Gasteiger charge is -2.05. The Bertz CT molecular complexity index is 717. The van der Waals surface area contributed by atoms with Gasteiger partial charge in [0.25, 0.3) is 0 Å². The summed E-state index contributed by atoms with van der Waals surface area (Å²) in [4.78, 5) is 15.2. The Morgan fingerprint density at radius 3 is 2.45 bits per heavy atom. The number of sulfonamides is 1. The summed E-state index contributed by atoms with van der Waals surface area (Å²) in [6.07, 6.45) is 1.40. The Morgan fingerprint density at radius 1 is 1.30 bits per heavy atom. The Balaban J connectivity index is 2.11. The highest BCUT2D eigenvalue weighted by Crippen LogP contribution is 2.11. The molecule has 0 radical (unpaired) electrons. The SMILES string of the molecule is CC(=O)c1ccc(S(=O)(=O)NCc2coc(C)n2)cc1. The van der Waals surface area contributed by atoms with Crippen LogP contribution in [0.1, 0.15) is 28.9 Å². The third kappa shape index (κ3) is 3.31. The van der Waals surface area contributed by atoms with Crippen molar-refractivity contribution in [3.8, 4) is 0 Å². The Labute approximate surface area is 116 Å². The number of hydrogen-bond donors (Lipinski definition) is 1. The van der Waals surface area contributed by atoms with Crippen LogP contribution in [0, 0.1) is 6.92 Å². The second kappa shape index (κ2) is 5.56. The fraction of sp³-hybridized carbons (Fsp3) is 0.231. The van der Waals surface area contributed by atoms with Gasteiger partial charge in [0.1, 0.15) is 6.26 Å². The lowest BCUT2D eigenvalue weighted by Crippen LogP contribution is -2.23. The van der Waals surface area contributed by atoms with Crippen molar-refractivity contribution in [2.45, 2.75) is 25.3 Å². The predicted molar refractivity (Wildman–Crippen MR) is 71.7 cm³/mol. The number of nitrogens with one attached hydrogen (secondary N) is 1. The van der Waals surface area contributed by atoms with Crippen LogP contribution in [0.25, 0.3) is 0 Å². The number of carbonyl (C=O) groups is 1. The molecular formula is C13H14N2O4S. The van der Waals surface area contributed by atoms with E-state index in [1.165, 1.54) is 37.5 Å². The van der Waals surface area contributed by atoms with E-state index in [-0.39, 0.29) is 17.2 Å². The zero-order valence-corrected chi connectivity index (χ0v) is 11.9. The first kappa shape index (κ1) is 14.4. The van der Waals surface area contributed by atoms with Gasteiger partial charge in [-0.25, -0.2) is 18.1 Å². The molecule has 0 aliphatic carbocycles. The molecule has 0 unspecified atom stereocenters. The van der Waals surface area contributed by atoms with Crippen LogP contribution < -0.4 is 4.72 Å². The number of rotatable bonds is 5. The topological polar surface area (TPSA) is 89.3 Å². The summed E-state index contributed by atoms with van der Waals surface area (Å²) in [7, 11) is -3.63. The van der Waals surface area contributed by atoms with Crippen LogP contribution in [-0.4, -0.2) is 19.2 Å². The summed E-state index contributed by atoms with van der Waals surface area (Å²) in [6, 6.07) is 5.76. The normalized spacial score (nSPS) is 11.5. The highest BCUT2D eigenvalue weighted by molar-refractivity contribution is 7.89. The van der Waals surface area contributed by atoms with E-state index in [4.69, 9.17) is 4.42 Å². The third-order valence-electron chi connectivity index (χ3n) is 2.68. The lowest BCUT2D eigenvalue weighted by atomic mass is 10.2. The molecule has 0 saturated carbocycles. The molecule has 7 heteroatoms. The van der Waals surface area contributed by atoms with E-state index in [2.05, 4.69) is 9.71 Å². The first-order valence-electron chi connectivity index (χ1n) is 5.90. The summed E-state index contributed by atoms with van der Waals surface area (Å²) >= 11 is 0. The summed E-state index contributed by atoms with van der Waals surface area (Å²) < 4.78 is 31.5. The molecular weight excluding hydrogens is 280 g/mol. The second-order valence-electron chi connectivity index (χ2n) is 4.26. The molecule has 2 rings (SSSR count). The fourth-order valence-corrected chi connectivity index (χ4v) is 2.61. The number of aromatic nitrogens is 1. The van der Waals surface area contributed by atoms with Crippen molar-refractivity contribution in [1.29, 1.82) is 0 Å². The summed E-state index contributed by atoms with van der Waals surface area (Å²) in [6.45, 7) is 3.15. The fourth-order valence-electron chi connectivity index (χ4n) is 1.61. The standard InChI is InChI=1S/C13H14N2O4S/c1-9(16)11-3-5-13(6-4-11)20(17,18)14-7-12-8-19-10(2)15-12/h3-6,8,14H,7H2,1-2H3. The van der Waals surface area contributed by atoms with E-state index in [0.717, 1.165) is 0 Å². The molecule has 0 bridgehead atoms. The number of benzene rings is 1. The average Bonchev–Trinajstić information content (AvgIpc) is 2.82. The van der Waals surface area contributed by atoms with E-state index in [9.17, 15) is 13.2 Å². The van der Waals surface area contributed by atoms with Gasteiger partial charge < -0.3 is 4.42 Å². The van der Waals surface area contributed by atoms with Gasteiger partial charge in [-0.2, -0.15) is 0 Å². The molecule has 1 aromatic heterocycles. The van der Waals surface area contributed by atoms with Gasteiger partial charge in [-0.1, -0.05) is 12.1 Å². The van der Waals surface area contributed by atoms with Gasteiger partial charge in [0.15, 0.2) is 11.7 Å². The predicted octanol–water partition coefficient (Wildman–Crippen LogP) is 1.66. The second-order valence-corrected chi connectivity index (χ2v) is 6.03. The highest BCUT2D eigenvalue weighted by Gasteiger charge is 2.14. The minimum Gasteiger partial charge on any atom is -0.449 e. The Hall–Kier alpha value is -1.99. The maximum Gasteiger partial charge on any atom is 0.240 e. The summed E-state index contributed by atoms with van der Waals surface area (Å²) in [5.74, 6) is 0.366. The van der Waals surface area contributed by atoms with Crippen molar-refractivity contribution >= 4 is 15.8 Å². The van der Waals surface area contributed by atoms with Crippen molar-refractivity contribution in [1.82, 2.24) is 9.71 Å². The zero-order valence-electron chi connectivity index (χ0n) is 11.1. The lowest BCUT2D eigenvalue weighted by molar-refractivity contribution is 0.101. The van der Waals surface area contributed by atoms with Crippen molar-refractivity contribution < 1.29 is 17.6 Å². The first-order valence-corrected chi connectivity index (χ1v) is 7.38. The van der Waals surface area contributed by atoms with E-state index in [0.29, 0.717) is 17.1 Å². The van der Waals surface area contributed by atoms with Crippen LogP contribution in [0.3, 0.4) is 0 Å². The molecule has 0 aliphatic rings. The number of nitrogens with zero attached hydrogens (tertiary/aromatic N) is 1. The van der Waals surface area contributed by atoms with E-state index < -0.39 is 10.0 Å². The van der Waals surface area contributed by atoms with Crippen molar-refractivity contribution in [2.75, 3.05) is 0 Å². The maximum absolute atomic E-state index is 12.0. The quantitative estimate of drug-likeness (QED) is 0.847. The monoisotopic (exact) mass is 294 g/mol. The summed E-state index contributed by atoms with van der Waals surface area (Å²) in [5.41, 5.74) is 0.975.